The molecule has 0 saturated heterocycles. The molecule has 0 aromatic heterocycles. The monoisotopic (exact) mass is 306 g/mol. The minimum atomic E-state index is -0.264. The molecule has 0 amide bonds. The smallest absolute Gasteiger partial charge is 0.338 e. The molecule has 0 aliphatic rings. The van der Waals surface area contributed by atoms with Crippen LogP contribution in [0, 0.1) is 0 Å². The average molecular weight is 307 g/mol. The van der Waals surface area contributed by atoms with E-state index < -0.39 is 0 Å². The second-order valence-corrected chi connectivity index (χ2v) is 5.61. The lowest BCUT2D eigenvalue weighted by Crippen LogP contribution is -2.07. The molecule has 2 rings (SSSR count). The number of rotatable bonds is 5. The number of carbonyl (C=O) groups excluding carboxylic acids is 1. The van der Waals surface area contributed by atoms with Crippen LogP contribution < -0.4 is 0 Å². The number of ether oxygens (including phenoxy) is 1. The first-order valence-corrected chi connectivity index (χ1v) is 7.70. The van der Waals surface area contributed by atoms with Crippen molar-refractivity contribution in [3.05, 3.63) is 64.7 Å². The maximum absolute atomic E-state index is 11.9. The largest absolute Gasteiger partial charge is 0.462 e. The molecule has 2 aromatic rings. The lowest BCUT2D eigenvalue weighted by molar-refractivity contribution is 0.0525. The quantitative estimate of drug-likeness (QED) is 0.586. The van der Waals surface area contributed by atoms with Crippen molar-refractivity contribution >= 4 is 29.3 Å². The third-order valence-electron chi connectivity index (χ3n) is 2.72. The first-order chi connectivity index (χ1) is 9.70. The number of carbonyl (C=O) groups is 1. The molecule has 4 heteroatoms. The fourth-order valence-corrected chi connectivity index (χ4v) is 2.77. The first kappa shape index (κ1) is 14.9. The summed E-state index contributed by atoms with van der Waals surface area (Å²) in [5, 5.41) is 0.723. The van der Waals surface area contributed by atoms with Gasteiger partial charge in [0.15, 0.2) is 0 Å². The van der Waals surface area contributed by atoms with Gasteiger partial charge in [-0.25, -0.2) is 4.79 Å². The zero-order valence-electron chi connectivity index (χ0n) is 11.1. The van der Waals surface area contributed by atoms with Gasteiger partial charge in [0.1, 0.15) is 0 Å². The normalized spacial score (nSPS) is 10.3. The van der Waals surface area contributed by atoms with E-state index in [4.69, 9.17) is 16.3 Å². The van der Waals surface area contributed by atoms with Gasteiger partial charge in [0, 0.05) is 15.7 Å². The Hall–Kier alpha value is -1.45. The Labute approximate surface area is 128 Å². The molecule has 0 aliphatic carbocycles. The lowest BCUT2D eigenvalue weighted by atomic mass is 10.1. The van der Waals surface area contributed by atoms with Crippen LogP contribution in [0.15, 0.2) is 53.4 Å². The highest BCUT2D eigenvalue weighted by atomic mass is 35.5. The van der Waals surface area contributed by atoms with E-state index >= 15 is 0 Å². The third-order valence-corrected chi connectivity index (χ3v) is 4.03. The van der Waals surface area contributed by atoms with E-state index in [9.17, 15) is 4.79 Å². The van der Waals surface area contributed by atoms with Gasteiger partial charge in [0.2, 0.25) is 0 Å². The Kier molecular flexibility index (Phi) is 5.50. The van der Waals surface area contributed by atoms with Crippen LogP contribution in [0.5, 0.6) is 0 Å². The van der Waals surface area contributed by atoms with Gasteiger partial charge in [-0.3, -0.25) is 0 Å². The van der Waals surface area contributed by atoms with Crippen LogP contribution in [0.25, 0.3) is 0 Å². The minimum absolute atomic E-state index is 0.264. The maximum atomic E-state index is 11.9. The minimum Gasteiger partial charge on any atom is -0.462 e. The summed E-state index contributed by atoms with van der Waals surface area (Å²) >= 11 is 7.53. The van der Waals surface area contributed by atoms with Crippen LogP contribution in [0.1, 0.15) is 22.8 Å². The van der Waals surface area contributed by atoms with E-state index in [1.165, 1.54) is 0 Å². The lowest BCUT2D eigenvalue weighted by Gasteiger charge is -2.08. The van der Waals surface area contributed by atoms with Gasteiger partial charge in [0.25, 0.3) is 0 Å². The Morgan fingerprint density at radius 3 is 2.55 bits per heavy atom. The highest BCUT2D eigenvalue weighted by Gasteiger charge is 2.11. The summed E-state index contributed by atoms with van der Waals surface area (Å²) in [7, 11) is 0. The van der Waals surface area contributed by atoms with Gasteiger partial charge in [-0.2, -0.15) is 0 Å². The van der Waals surface area contributed by atoms with Gasteiger partial charge >= 0.3 is 5.97 Å². The van der Waals surface area contributed by atoms with E-state index in [0.717, 1.165) is 21.2 Å². The molecular weight excluding hydrogens is 292 g/mol. The summed E-state index contributed by atoms with van der Waals surface area (Å²) in [6.45, 7) is 2.19. The Morgan fingerprint density at radius 2 is 1.85 bits per heavy atom. The molecular formula is C16H15ClO2S. The molecule has 0 N–H and O–H groups in total. The summed E-state index contributed by atoms with van der Waals surface area (Å²) in [6.07, 6.45) is 0. The second-order valence-electron chi connectivity index (χ2n) is 4.12. The summed E-state index contributed by atoms with van der Waals surface area (Å²) in [6, 6.07) is 15.2. The van der Waals surface area contributed by atoms with Crippen LogP contribution in [-0.2, 0) is 10.5 Å². The summed E-state index contributed by atoms with van der Waals surface area (Å²) in [5.41, 5.74) is 1.61. The van der Waals surface area contributed by atoms with Crippen LogP contribution in [0.2, 0.25) is 5.02 Å². The van der Waals surface area contributed by atoms with E-state index in [0.29, 0.717) is 12.2 Å². The molecule has 0 atom stereocenters. The fourth-order valence-electron chi connectivity index (χ4n) is 1.75. The fraction of sp³-hybridized carbons (Fsp3) is 0.188. The number of hydrogen-bond acceptors (Lipinski definition) is 3. The van der Waals surface area contributed by atoms with E-state index in [1.54, 1.807) is 17.8 Å². The second kappa shape index (κ2) is 7.36. The van der Waals surface area contributed by atoms with Crippen molar-refractivity contribution in [3.8, 4) is 0 Å². The molecule has 104 valence electrons. The highest BCUT2D eigenvalue weighted by Crippen LogP contribution is 2.26. The predicted molar refractivity (Wildman–Crippen MR) is 83.4 cm³/mol. The van der Waals surface area contributed by atoms with Crippen LogP contribution in [-0.4, -0.2) is 12.6 Å². The topological polar surface area (TPSA) is 26.3 Å². The zero-order valence-corrected chi connectivity index (χ0v) is 12.7. The van der Waals surface area contributed by atoms with Crippen molar-refractivity contribution < 1.29 is 9.53 Å². The van der Waals surface area contributed by atoms with Crippen molar-refractivity contribution in [2.24, 2.45) is 0 Å². The van der Waals surface area contributed by atoms with E-state index in [1.807, 2.05) is 49.4 Å². The molecule has 20 heavy (non-hydrogen) atoms. The predicted octanol–water partition coefficient (Wildman–Crippen LogP) is 4.81. The van der Waals surface area contributed by atoms with Crippen molar-refractivity contribution in [1.82, 2.24) is 0 Å². The standard InChI is InChI=1S/C16H15ClO2S/c1-2-19-16(18)15-6-4-3-5-12(15)11-20-14-9-7-13(17)8-10-14/h3-10H,2,11H2,1H3. The van der Waals surface area contributed by atoms with Gasteiger partial charge < -0.3 is 4.74 Å². The third kappa shape index (κ3) is 4.02. The molecule has 0 saturated carbocycles. The van der Waals surface area contributed by atoms with E-state index in [2.05, 4.69) is 0 Å². The first-order valence-electron chi connectivity index (χ1n) is 6.34. The average Bonchev–Trinajstić information content (AvgIpc) is 2.47. The Balaban J connectivity index is 2.09. The van der Waals surface area contributed by atoms with E-state index in [-0.39, 0.29) is 5.97 Å². The van der Waals surface area contributed by atoms with Crippen molar-refractivity contribution in [2.45, 2.75) is 17.6 Å². The summed E-state index contributed by atoms with van der Waals surface area (Å²) in [5.74, 6) is 0.455. The number of thioether (sulfide) groups is 1. The van der Waals surface area contributed by atoms with Crippen molar-refractivity contribution in [2.75, 3.05) is 6.61 Å². The molecule has 0 fully saturated rings. The SMILES string of the molecule is CCOC(=O)c1ccccc1CSc1ccc(Cl)cc1. The highest BCUT2D eigenvalue weighted by molar-refractivity contribution is 7.98. The molecule has 0 unspecified atom stereocenters. The van der Waals surface area contributed by atoms with Gasteiger partial charge in [-0.05, 0) is 42.8 Å². The Bertz CT molecular complexity index is 581. The molecule has 0 spiro atoms. The summed E-state index contributed by atoms with van der Waals surface area (Å²) in [4.78, 5) is 13.0. The van der Waals surface area contributed by atoms with Gasteiger partial charge in [-0.1, -0.05) is 29.8 Å². The number of benzene rings is 2. The van der Waals surface area contributed by atoms with Crippen LogP contribution >= 0.6 is 23.4 Å². The molecule has 0 heterocycles. The van der Waals surface area contributed by atoms with Crippen LogP contribution in [0.4, 0.5) is 0 Å². The number of esters is 1. The van der Waals surface area contributed by atoms with Gasteiger partial charge in [0.05, 0.1) is 12.2 Å². The number of halogens is 1. The Morgan fingerprint density at radius 1 is 1.15 bits per heavy atom. The molecule has 0 aliphatic heterocycles. The van der Waals surface area contributed by atoms with Crippen molar-refractivity contribution in [1.29, 1.82) is 0 Å². The van der Waals surface area contributed by atoms with Crippen molar-refractivity contribution in [3.63, 3.8) is 0 Å². The molecule has 0 radical (unpaired) electrons. The van der Waals surface area contributed by atoms with Crippen LogP contribution in [0.3, 0.4) is 0 Å². The molecule has 2 aromatic carbocycles. The molecule has 0 bridgehead atoms. The van der Waals surface area contributed by atoms with Gasteiger partial charge in [-0.15, -0.1) is 11.8 Å². The zero-order chi connectivity index (χ0) is 14.4. The number of hydrogen-bond donors (Lipinski definition) is 0. The maximum Gasteiger partial charge on any atom is 0.338 e. The summed E-state index contributed by atoms with van der Waals surface area (Å²) < 4.78 is 5.07. The molecule has 2 nitrogen and oxygen atoms in total.